The molecule has 6 rings (SSSR count). The number of fused-ring (bicyclic) bond motifs is 2. The molecule has 0 bridgehead atoms. The molecule has 1 N–H and O–H groups in total. The van der Waals surface area contributed by atoms with Gasteiger partial charge in [0.15, 0.2) is 0 Å². The van der Waals surface area contributed by atoms with Gasteiger partial charge in [-0.15, -0.1) is 0 Å². The highest BCUT2D eigenvalue weighted by molar-refractivity contribution is 8.00. The van der Waals surface area contributed by atoms with E-state index in [1.807, 2.05) is 0 Å². The Hall–Kier alpha value is -4.83. The molecule has 44 heavy (non-hydrogen) atoms. The van der Waals surface area contributed by atoms with E-state index in [-0.39, 0.29) is 22.1 Å². The van der Waals surface area contributed by atoms with Gasteiger partial charge < -0.3 is 5.32 Å². The van der Waals surface area contributed by atoms with Gasteiger partial charge in [0.1, 0.15) is 11.8 Å². The molecule has 4 heterocycles. The maximum atomic E-state index is 13.8. The van der Waals surface area contributed by atoms with Crippen LogP contribution in [0.15, 0.2) is 82.9 Å². The van der Waals surface area contributed by atoms with E-state index in [0.29, 0.717) is 10.4 Å². The Labute approximate surface area is 253 Å². The molecule has 3 amide bonds. The van der Waals surface area contributed by atoms with Crippen LogP contribution in [-0.2, 0) is 27.1 Å². The van der Waals surface area contributed by atoms with Crippen LogP contribution in [0.2, 0.25) is 0 Å². The second kappa shape index (κ2) is 11.0. The molecule has 0 saturated carbocycles. The Kier molecular flexibility index (Phi) is 7.33. The zero-order valence-electron chi connectivity index (χ0n) is 22.1. The number of anilines is 2. The average Bonchev–Trinajstić information content (AvgIpc) is 3.43. The molecule has 0 radical (unpaired) electrons. The molecule has 0 aliphatic carbocycles. The molecular weight excluding hydrogens is 623 g/mol. The van der Waals surface area contributed by atoms with Gasteiger partial charge in [-0.05, 0) is 42.0 Å². The molecule has 2 aromatic carbocycles. The van der Waals surface area contributed by atoms with Gasteiger partial charge in [0.2, 0.25) is 17.7 Å². The first-order chi connectivity index (χ1) is 20.9. The minimum Gasteiger partial charge on any atom is -0.325 e. The Morgan fingerprint density at radius 3 is 2.45 bits per heavy atom. The Balaban J connectivity index is 1.36. The lowest BCUT2D eigenvalue weighted by molar-refractivity contribution is -0.384. The highest BCUT2D eigenvalue weighted by atomic mass is 32.2. The topological polar surface area (TPSA) is 145 Å². The summed E-state index contributed by atoms with van der Waals surface area (Å²) in [7, 11) is 0. The predicted octanol–water partition coefficient (Wildman–Crippen LogP) is 4.67. The summed E-state index contributed by atoms with van der Waals surface area (Å²) < 4.78 is 40.5. The number of nitro groups is 1. The number of carbonyl (C=O) groups is 3. The number of pyridine rings is 1. The number of nitrogens with zero attached hydrogens (tertiary/aromatic N) is 4. The smallest absolute Gasteiger partial charge is 0.325 e. The minimum absolute atomic E-state index is 0.113. The Morgan fingerprint density at radius 2 is 1.80 bits per heavy atom. The summed E-state index contributed by atoms with van der Waals surface area (Å²) in [5.74, 6) is -3.67. The van der Waals surface area contributed by atoms with Crippen LogP contribution in [0.4, 0.5) is 30.2 Å². The molecule has 2 aliphatic rings. The lowest BCUT2D eigenvalue weighted by Crippen LogP contribution is -2.33. The van der Waals surface area contributed by atoms with Crippen molar-refractivity contribution in [3.05, 3.63) is 109 Å². The fourth-order valence-electron chi connectivity index (χ4n) is 5.27. The maximum absolute atomic E-state index is 13.8. The molecule has 11 nitrogen and oxygen atoms in total. The van der Waals surface area contributed by atoms with Gasteiger partial charge in [-0.25, -0.2) is 4.90 Å². The number of hydrogen-bond donors (Lipinski definition) is 1. The second-order valence-electron chi connectivity index (χ2n) is 9.86. The third-order valence-corrected chi connectivity index (χ3v) is 9.79. The summed E-state index contributed by atoms with van der Waals surface area (Å²) in [5, 5.41) is 12.8. The van der Waals surface area contributed by atoms with Crippen LogP contribution in [0, 0.1) is 16.0 Å². The van der Waals surface area contributed by atoms with Gasteiger partial charge in [-0.3, -0.25) is 38.8 Å². The van der Waals surface area contributed by atoms with Gasteiger partial charge in [-0.1, -0.05) is 35.2 Å². The zero-order valence-corrected chi connectivity index (χ0v) is 23.7. The maximum Gasteiger partial charge on any atom is 0.416 e. The number of carbonyl (C=O) groups excluding carboxylic acids is 3. The zero-order chi connectivity index (χ0) is 31.3. The molecular formula is C28H18F3N5O6S2. The highest BCUT2D eigenvalue weighted by Gasteiger charge is 2.57. The number of imide groups is 1. The molecule has 4 aromatic rings. The van der Waals surface area contributed by atoms with E-state index in [1.165, 1.54) is 42.7 Å². The van der Waals surface area contributed by atoms with Crippen molar-refractivity contribution < 1.29 is 32.5 Å². The molecule has 1 fully saturated rings. The van der Waals surface area contributed by atoms with Crippen molar-refractivity contribution in [1.82, 2.24) is 9.55 Å². The van der Waals surface area contributed by atoms with Crippen LogP contribution >= 0.6 is 23.1 Å². The van der Waals surface area contributed by atoms with Gasteiger partial charge >= 0.3 is 11.0 Å². The summed E-state index contributed by atoms with van der Waals surface area (Å²) in [6, 6.07) is 12.4. The molecule has 2 aliphatic heterocycles. The van der Waals surface area contributed by atoms with E-state index in [0.717, 1.165) is 50.8 Å². The lowest BCUT2D eigenvalue weighted by Gasteiger charge is -2.30. The van der Waals surface area contributed by atoms with Crippen LogP contribution in [0.3, 0.4) is 0 Å². The van der Waals surface area contributed by atoms with E-state index < -0.39 is 62.9 Å². The number of nitrogens with one attached hydrogen (secondary N) is 1. The molecule has 3 atom stereocenters. The standard InChI is InChI=1S/C28H18F3N5O6S2/c29-28(30,31)15-4-1-5-16(11-15)33-19(37)13-34-26-23(44-27(34)40)20(14-3-2-10-32-12-14)21-22(43-26)25(39)35(24(21)38)17-6-8-18(9-7-17)36(41)42/h1-12,20-22H,13H2,(H,33,37). The third-order valence-electron chi connectivity index (χ3n) is 7.19. The molecule has 224 valence electrons. The van der Waals surface area contributed by atoms with Crippen LogP contribution < -0.4 is 15.1 Å². The summed E-state index contributed by atoms with van der Waals surface area (Å²) in [6.45, 7) is -0.556. The molecule has 2 aromatic heterocycles. The fraction of sp³-hybridized carbons (Fsp3) is 0.179. The summed E-state index contributed by atoms with van der Waals surface area (Å²) in [5.41, 5.74) is -0.590. The van der Waals surface area contributed by atoms with Crippen LogP contribution in [0.5, 0.6) is 0 Å². The van der Waals surface area contributed by atoms with Crippen molar-refractivity contribution in [3.8, 4) is 0 Å². The number of benzene rings is 2. The SMILES string of the molecule is O=C(Cn1c2c(sc1=O)C(c1cccnc1)C1C(=O)N(c3ccc([N+](=O)[O-])cc3)C(=O)C1S2)Nc1cccc(C(F)(F)F)c1. The lowest BCUT2D eigenvalue weighted by atomic mass is 9.84. The first-order valence-electron chi connectivity index (χ1n) is 12.8. The number of amides is 3. The van der Waals surface area contributed by atoms with E-state index in [2.05, 4.69) is 10.3 Å². The van der Waals surface area contributed by atoms with E-state index in [1.54, 1.807) is 12.1 Å². The third kappa shape index (κ3) is 5.15. The molecule has 16 heteroatoms. The number of nitro benzene ring substituents is 1. The van der Waals surface area contributed by atoms with E-state index in [4.69, 9.17) is 0 Å². The van der Waals surface area contributed by atoms with Gasteiger partial charge in [0.25, 0.3) is 5.69 Å². The quantitative estimate of drug-likeness (QED) is 0.182. The first kappa shape index (κ1) is 29.3. The van der Waals surface area contributed by atoms with E-state index >= 15 is 0 Å². The van der Waals surface area contributed by atoms with Crippen molar-refractivity contribution in [2.24, 2.45) is 5.92 Å². The average molecular weight is 642 g/mol. The van der Waals surface area contributed by atoms with Crippen molar-refractivity contribution in [2.45, 2.75) is 28.9 Å². The number of alkyl halides is 3. The van der Waals surface area contributed by atoms with Crippen molar-refractivity contribution in [2.75, 3.05) is 10.2 Å². The summed E-state index contributed by atoms with van der Waals surface area (Å²) in [4.78, 5) is 69.2. The number of aromatic nitrogens is 2. The summed E-state index contributed by atoms with van der Waals surface area (Å²) in [6.07, 6.45) is -1.58. The normalized spacial score (nSPS) is 19.4. The number of rotatable bonds is 6. The van der Waals surface area contributed by atoms with Crippen LogP contribution in [-0.4, -0.2) is 37.4 Å². The Morgan fingerprint density at radius 1 is 1.05 bits per heavy atom. The van der Waals surface area contributed by atoms with Crippen molar-refractivity contribution >= 4 is 57.9 Å². The fourth-order valence-corrected chi connectivity index (χ4v) is 8.04. The monoisotopic (exact) mass is 641 g/mol. The summed E-state index contributed by atoms with van der Waals surface area (Å²) >= 11 is 1.75. The number of thioether (sulfide) groups is 1. The van der Waals surface area contributed by atoms with Crippen LogP contribution in [0.25, 0.3) is 0 Å². The molecule has 3 unspecified atom stereocenters. The van der Waals surface area contributed by atoms with Gasteiger partial charge in [-0.2, -0.15) is 13.2 Å². The van der Waals surface area contributed by atoms with Gasteiger partial charge in [0, 0.05) is 41.0 Å². The van der Waals surface area contributed by atoms with E-state index in [9.17, 15) is 42.5 Å². The first-order valence-corrected chi connectivity index (χ1v) is 14.5. The number of hydrogen-bond acceptors (Lipinski definition) is 9. The van der Waals surface area contributed by atoms with Crippen molar-refractivity contribution in [3.63, 3.8) is 0 Å². The number of non-ortho nitro benzene ring substituents is 1. The Bertz CT molecular complexity index is 1880. The minimum atomic E-state index is -4.62. The number of thiazole rings is 1. The molecule has 0 spiro atoms. The predicted molar refractivity (Wildman–Crippen MR) is 153 cm³/mol. The van der Waals surface area contributed by atoms with Crippen molar-refractivity contribution in [1.29, 1.82) is 0 Å². The van der Waals surface area contributed by atoms with Crippen LogP contribution in [0.1, 0.15) is 21.9 Å². The highest BCUT2D eigenvalue weighted by Crippen LogP contribution is 2.53. The second-order valence-corrected chi connectivity index (χ2v) is 12.0. The largest absolute Gasteiger partial charge is 0.416 e. The van der Waals surface area contributed by atoms with Gasteiger partial charge in [0.05, 0.1) is 27.1 Å². The molecule has 1 saturated heterocycles. The number of halogens is 3.